The van der Waals surface area contributed by atoms with Crippen LogP contribution < -0.4 is 10.1 Å². The van der Waals surface area contributed by atoms with Gasteiger partial charge in [-0.15, -0.1) is 0 Å². The van der Waals surface area contributed by atoms with Crippen LogP contribution >= 0.6 is 0 Å². The topological polar surface area (TPSA) is 61.8 Å². The van der Waals surface area contributed by atoms with Crippen LogP contribution in [0.25, 0.3) is 0 Å². The van der Waals surface area contributed by atoms with Crippen molar-refractivity contribution in [2.75, 3.05) is 39.4 Å². The van der Waals surface area contributed by atoms with E-state index in [0.717, 1.165) is 25.9 Å². The molecule has 1 aromatic rings. The van der Waals surface area contributed by atoms with Crippen LogP contribution in [-0.2, 0) is 4.79 Å². The molecule has 0 saturated carbocycles. The first-order valence-electron chi connectivity index (χ1n) is 7.65. The van der Waals surface area contributed by atoms with Gasteiger partial charge in [0.25, 0.3) is 0 Å². The van der Waals surface area contributed by atoms with Gasteiger partial charge < -0.3 is 15.2 Å². The molecular formula is C16H23FN2O3. The second-order valence-electron chi connectivity index (χ2n) is 5.58. The molecule has 1 heterocycles. The highest BCUT2D eigenvalue weighted by molar-refractivity contribution is 5.78. The standard InChI is InChI=1S/C16H23FN2O3/c17-14-3-5-15(6-4-14)22-9-7-18-16(21)11-19-8-1-2-13(10-19)12-20/h3-6,13,20H,1-2,7-12H2,(H,18,21). The Hall–Kier alpha value is -1.66. The van der Waals surface area contributed by atoms with Gasteiger partial charge in [0.15, 0.2) is 0 Å². The average molecular weight is 310 g/mol. The van der Waals surface area contributed by atoms with Gasteiger partial charge in [-0.25, -0.2) is 4.39 Å². The van der Waals surface area contributed by atoms with E-state index in [4.69, 9.17) is 4.74 Å². The van der Waals surface area contributed by atoms with Crippen molar-refractivity contribution in [1.82, 2.24) is 10.2 Å². The highest BCUT2D eigenvalue weighted by atomic mass is 19.1. The maximum absolute atomic E-state index is 12.7. The Balaban J connectivity index is 1.60. The first kappa shape index (κ1) is 16.7. The number of nitrogens with one attached hydrogen (secondary N) is 1. The Morgan fingerprint density at radius 3 is 2.91 bits per heavy atom. The third-order valence-corrected chi connectivity index (χ3v) is 3.74. The van der Waals surface area contributed by atoms with Crippen LogP contribution in [0.3, 0.4) is 0 Å². The Morgan fingerprint density at radius 2 is 2.18 bits per heavy atom. The van der Waals surface area contributed by atoms with Crippen LogP contribution in [-0.4, -0.2) is 55.3 Å². The number of aliphatic hydroxyl groups excluding tert-OH is 1. The van der Waals surface area contributed by atoms with E-state index in [0.29, 0.717) is 25.4 Å². The third kappa shape index (κ3) is 5.61. The molecule has 1 aliphatic heterocycles. The minimum Gasteiger partial charge on any atom is -0.492 e. The van der Waals surface area contributed by atoms with Gasteiger partial charge in [0.05, 0.1) is 13.1 Å². The number of halogens is 1. The molecule has 0 aromatic heterocycles. The third-order valence-electron chi connectivity index (χ3n) is 3.74. The predicted molar refractivity (Wildman–Crippen MR) is 81.2 cm³/mol. The molecule has 1 unspecified atom stereocenters. The quantitative estimate of drug-likeness (QED) is 0.738. The number of carbonyl (C=O) groups excluding carboxylic acids is 1. The SMILES string of the molecule is O=C(CN1CCCC(CO)C1)NCCOc1ccc(F)cc1. The summed E-state index contributed by atoms with van der Waals surface area (Å²) in [4.78, 5) is 13.9. The number of hydrogen-bond donors (Lipinski definition) is 2. The first-order chi connectivity index (χ1) is 10.7. The molecular weight excluding hydrogens is 287 g/mol. The van der Waals surface area contributed by atoms with E-state index in [1.54, 1.807) is 12.1 Å². The van der Waals surface area contributed by atoms with Crippen molar-refractivity contribution in [2.24, 2.45) is 5.92 Å². The molecule has 1 atom stereocenters. The van der Waals surface area contributed by atoms with Crippen molar-refractivity contribution in [1.29, 1.82) is 0 Å². The second-order valence-corrected chi connectivity index (χ2v) is 5.58. The van der Waals surface area contributed by atoms with Gasteiger partial charge in [0.1, 0.15) is 18.2 Å². The van der Waals surface area contributed by atoms with E-state index >= 15 is 0 Å². The van der Waals surface area contributed by atoms with Gasteiger partial charge in [0, 0.05) is 13.2 Å². The van der Waals surface area contributed by atoms with Crippen LogP contribution in [0.1, 0.15) is 12.8 Å². The average Bonchev–Trinajstić information content (AvgIpc) is 2.53. The largest absolute Gasteiger partial charge is 0.492 e. The van der Waals surface area contributed by atoms with E-state index in [1.165, 1.54) is 12.1 Å². The molecule has 2 N–H and O–H groups in total. The molecule has 0 bridgehead atoms. The fourth-order valence-electron chi connectivity index (χ4n) is 2.59. The van der Waals surface area contributed by atoms with Crippen molar-refractivity contribution >= 4 is 5.91 Å². The van der Waals surface area contributed by atoms with Gasteiger partial charge in [-0.05, 0) is 49.6 Å². The highest BCUT2D eigenvalue weighted by Gasteiger charge is 2.20. The fourth-order valence-corrected chi connectivity index (χ4v) is 2.59. The van der Waals surface area contributed by atoms with Crippen molar-refractivity contribution in [2.45, 2.75) is 12.8 Å². The molecule has 122 valence electrons. The molecule has 6 heteroatoms. The van der Waals surface area contributed by atoms with Gasteiger partial charge in [-0.3, -0.25) is 9.69 Å². The predicted octanol–water partition coefficient (Wildman–Crippen LogP) is 1.03. The molecule has 2 rings (SSSR count). The van der Waals surface area contributed by atoms with E-state index in [9.17, 15) is 14.3 Å². The highest BCUT2D eigenvalue weighted by Crippen LogP contribution is 2.15. The van der Waals surface area contributed by atoms with E-state index in [-0.39, 0.29) is 24.2 Å². The first-order valence-corrected chi connectivity index (χ1v) is 7.65. The number of ether oxygens (including phenoxy) is 1. The zero-order valence-electron chi connectivity index (χ0n) is 12.6. The monoisotopic (exact) mass is 310 g/mol. The Kier molecular flexibility index (Phi) is 6.61. The molecule has 1 amide bonds. The number of hydrogen-bond acceptors (Lipinski definition) is 4. The lowest BCUT2D eigenvalue weighted by molar-refractivity contribution is -0.122. The summed E-state index contributed by atoms with van der Waals surface area (Å²) in [6.07, 6.45) is 2.05. The van der Waals surface area contributed by atoms with Crippen LogP contribution in [0.5, 0.6) is 5.75 Å². The number of amides is 1. The number of carbonyl (C=O) groups is 1. The molecule has 5 nitrogen and oxygen atoms in total. The smallest absolute Gasteiger partial charge is 0.234 e. The normalized spacial score (nSPS) is 18.9. The maximum Gasteiger partial charge on any atom is 0.234 e. The van der Waals surface area contributed by atoms with Gasteiger partial charge in [-0.2, -0.15) is 0 Å². The fraction of sp³-hybridized carbons (Fsp3) is 0.562. The van der Waals surface area contributed by atoms with Crippen LogP contribution in [0.4, 0.5) is 4.39 Å². The Bertz CT molecular complexity index is 467. The summed E-state index contributed by atoms with van der Waals surface area (Å²) in [5.74, 6) is 0.519. The van der Waals surface area contributed by atoms with E-state index in [1.807, 2.05) is 0 Å². The molecule has 22 heavy (non-hydrogen) atoms. The summed E-state index contributed by atoms with van der Waals surface area (Å²) in [5, 5.41) is 12.0. The molecule has 1 aromatic carbocycles. The summed E-state index contributed by atoms with van der Waals surface area (Å²) in [7, 11) is 0. The maximum atomic E-state index is 12.7. The Labute approximate surface area is 130 Å². The summed E-state index contributed by atoms with van der Waals surface area (Å²) in [5.41, 5.74) is 0. The molecule has 1 fully saturated rings. The molecule has 0 spiro atoms. The van der Waals surface area contributed by atoms with Crippen molar-refractivity contribution in [3.8, 4) is 5.75 Å². The lowest BCUT2D eigenvalue weighted by Crippen LogP contribution is -2.43. The van der Waals surface area contributed by atoms with Crippen molar-refractivity contribution in [3.63, 3.8) is 0 Å². The van der Waals surface area contributed by atoms with Crippen molar-refractivity contribution in [3.05, 3.63) is 30.1 Å². The van der Waals surface area contributed by atoms with Gasteiger partial charge in [-0.1, -0.05) is 0 Å². The summed E-state index contributed by atoms with van der Waals surface area (Å²) < 4.78 is 18.1. The van der Waals surface area contributed by atoms with Crippen molar-refractivity contribution < 1.29 is 19.0 Å². The van der Waals surface area contributed by atoms with Crippen LogP contribution in [0.15, 0.2) is 24.3 Å². The molecule has 0 aliphatic carbocycles. The zero-order chi connectivity index (χ0) is 15.8. The van der Waals surface area contributed by atoms with E-state index in [2.05, 4.69) is 10.2 Å². The minimum absolute atomic E-state index is 0.0405. The summed E-state index contributed by atoms with van der Waals surface area (Å²) in [6.45, 7) is 2.97. The number of benzene rings is 1. The molecule has 1 saturated heterocycles. The summed E-state index contributed by atoms with van der Waals surface area (Å²) >= 11 is 0. The van der Waals surface area contributed by atoms with Gasteiger partial charge >= 0.3 is 0 Å². The van der Waals surface area contributed by atoms with Crippen LogP contribution in [0, 0.1) is 11.7 Å². The summed E-state index contributed by atoms with van der Waals surface area (Å²) in [6, 6.07) is 5.78. The lowest BCUT2D eigenvalue weighted by Gasteiger charge is -2.31. The number of likely N-dealkylation sites (tertiary alicyclic amines) is 1. The number of aliphatic hydroxyl groups is 1. The minimum atomic E-state index is -0.302. The van der Waals surface area contributed by atoms with Crippen LogP contribution in [0.2, 0.25) is 0 Å². The lowest BCUT2D eigenvalue weighted by atomic mass is 9.99. The van der Waals surface area contributed by atoms with Gasteiger partial charge in [0.2, 0.25) is 5.91 Å². The second kappa shape index (κ2) is 8.70. The number of piperidine rings is 1. The van der Waals surface area contributed by atoms with E-state index < -0.39 is 0 Å². The zero-order valence-corrected chi connectivity index (χ0v) is 12.6. The molecule has 1 aliphatic rings. The molecule has 0 radical (unpaired) electrons. The number of rotatable bonds is 7. The Morgan fingerprint density at radius 1 is 1.41 bits per heavy atom. The number of nitrogens with zero attached hydrogens (tertiary/aromatic N) is 1.